The Morgan fingerprint density at radius 2 is 0.514 bits per heavy atom. The summed E-state index contributed by atoms with van der Waals surface area (Å²) in [7, 11) is 0. The van der Waals surface area contributed by atoms with E-state index in [9.17, 15) is 92.2 Å². The first-order valence-corrected chi connectivity index (χ1v) is 8.63. The Labute approximate surface area is 191 Å². The fraction of sp³-hybridized carbons (Fsp3) is 0.875. The van der Waals surface area contributed by atoms with E-state index >= 15 is 0 Å². The van der Waals surface area contributed by atoms with Gasteiger partial charge in [0.25, 0.3) is 0 Å². The minimum atomic E-state index is -9.16. The molecule has 0 aliphatic rings. The maximum absolute atomic E-state index is 13.6. The summed E-state index contributed by atoms with van der Waals surface area (Å²) in [6.45, 7) is 2.62. The van der Waals surface area contributed by atoms with Gasteiger partial charge < -0.3 is 0 Å². The Bertz CT molecular complexity index is 851. The highest BCUT2D eigenvalue weighted by Crippen LogP contribution is 2.66. The molecule has 0 spiro atoms. The quantitative estimate of drug-likeness (QED) is 0.183. The molecule has 0 N–H and O–H groups in total. The molecule has 0 aromatic rings. The van der Waals surface area contributed by atoms with E-state index < -0.39 is 71.0 Å². The molecule has 37 heavy (non-hydrogen) atoms. The van der Waals surface area contributed by atoms with Gasteiger partial charge in [-0.05, 0) is 11.5 Å². The minimum absolute atomic E-state index is 0.129. The fourth-order valence-corrected chi connectivity index (χ4v) is 2.03. The van der Waals surface area contributed by atoms with Gasteiger partial charge in [0.2, 0.25) is 0 Å². The van der Waals surface area contributed by atoms with Crippen molar-refractivity contribution >= 4 is 0 Å². The van der Waals surface area contributed by atoms with Gasteiger partial charge in [-0.25, -0.2) is 0 Å². The van der Waals surface area contributed by atoms with Gasteiger partial charge in [0.15, 0.2) is 0 Å². The maximum atomic E-state index is 13.6. The zero-order valence-electron chi connectivity index (χ0n) is 17.6. The Kier molecular flexibility index (Phi) is 8.23. The van der Waals surface area contributed by atoms with Crippen LogP contribution in [0.4, 0.5) is 92.2 Å². The summed E-state index contributed by atoms with van der Waals surface area (Å²) >= 11 is 0. The Morgan fingerprint density at radius 3 is 0.730 bits per heavy atom. The lowest BCUT2D eigenvalue weighted by Crippen LogP contribution is -2.76. The summed E-state index contributed by atoms with van der Waals surface area (Å²) < 4.78 is 277. The lowest BCUT2D eigenvalue weighted by atomic mass is 9.85. The van der Waals surface area contributed by atoms with Gasteiger partial charge in [0.05, 0.1) is 0 Å². The third kappa shape index (κ3) is 4.80. The largest absolute Gasteiger partial charge is 0.460 e. The highest BCUT2D eigenvalue weighted by Gasteiger charge is 2.97. The third-order valence-corrected chi connectivity index (χ3v) is 4.33. The molecule has 21 heteroatoms. The first kappa shape index (κ1) is 35.3. The van der Waals surface area contributed by atoms with Crippen LogP contribution in [0.5, 0.6) is 0 Å². The van der Waals surface area contributed by atoms with Crippen LogP contribution >= 0.6 is 0 Å². The van der Waals surface area contributed by atoms with Crippen LogP contribution in [-0.4, -0.2) is 59.5 Å². The molecule has 0 nitrogen and oxygen atoms in total. The van der Waals surface area contributed by atoms with Crippen molar-refractivity contribution in [3.63, 3.8) is 0 Å². The molecule has 0 saturated carbocycles. The summed E-state index contributed by atoms with van der Waals surface area (Å²) in [5, 5.41) is 0. The molecule has 0 atom stereocenters. The zero-order valence-corrected chi connectivity index (χ0v) is 17.6. The Balaban J connectivity index is 7.08. The van der Waals surface area contributed by atoms with Crippen molar-refractivity contribution in [2.75, 3.05) is 0 Å². The second kappa shape index (κ2) is 8.64. The summed E-state index contributed by atoms with van der Waals surface area (Å²) in [5.74, 6) is -76.8. The van der Waals surface area contributed by atoms with Crippen LogP contribution in [-0.2, 0) is 0 Å². The van der Waals surface area contributed by atoms with Crippen LogP contribution in [0.1, 0.15) is 20.8 Å². The number of halogens is 21. The normalized spacial score (nSPS) is 17.1. The van der Waals surface area contributed by atoms with E-state index in [0.29, 0.717) is 0 Å². The smallest absolute Gasteiger partial charge is 0.195 e. The van der Waals surface area contributed by atoms with E-state index in [0.717, 1.165) is 20.8 Å². The van der Waals surface area contributed by atoms with Crippen LogP contribution in [0.15, 0.2) is 12.2 Å². The van der Waals surface area contributed by atoms with Gasteiger partial charge in [-0.1, -0.05) is 26.8 Å². The van der Waals surface area contributed by atoms with Gasteiger partial charge in [0.1, 0.15) is 0 Å². The number of hydrogen-bond donors (Lipinski definition) is 0. The van der Waals surface area contributed by atoms with Crippen molar-refractivity contribution in [1.29, 1.82) is 0 Å². The highest BCUT2D eigenvalue weighted by atomic mass is 19.4. The Hall–Kier alpha value is -1.73. The van der Waals surface area contributed by atoms with Gasteiger partial charge in [-0.15, -0.1) is 0 Å². The average Bonchev–Trinajstić information content (AvgIpc) is 2.63. The second-order valence-electron chi connectivity index (χ2n) is 8.42. The van der Waals surface area contributed by atoms with Crippen molar-refractivity contribution in [2.45, 2.75) is 80.3 Å². The summed E-state index contributed by atoms with van der Waals surface area (Å²) in [5.41, 5.74) is -1.67. The standard InChI is InChI=1S/C16H11F21/c1-6(2,3)4-5-7(17,18)8(19,20)9(21,22)10(23,24)11(25,26)12(27,28)13(29,30)14(31,32)15(33,34)16(35,36)37/h4-5H,1-3H3/b5-4+. The van der Waals surface area contributed by atoms with Crippen LogP contribution in [0.25, 0.3) is 0 Å². The summed E-state index contributed by atoms with van der Waals surface area (Å²) in [6, 6.07) is 0. The van der Waals surface area contributed by atoms with Crippen molar-refractivity contribution in [2.24, 2.45) is 5.41 Å². The molecule has 0 heterocycles. The van der Waals surface area contributed by atoms with Crippen molar-refractivity contribution < 1.29 is 92.2 Å². The lowest BCUT2D eigenvalue weighted by Gasteiger charge is -2.44. The monoisotopic (exact) mass is 602 g/mol. The number of rotatable bonds is 9. The van der Waals surface area contributed by atoms with Crippen LogP contribution in [0, 0.1) is 5.41 Å². The van der Waals surface area contributed by atoms with Crippen molar-refractivity contribution in [1.82, 2.24) is 0 Å². The molecule has 0 unspecified atom stereocenters. The van der Waals surface area contributed by atoms with E-state index in [1.165, 1.54) is 0 Å². The van der Waals surface area contributed by atoms with Crippen LogP contribution in [0.3, 0.4) is 0 Å². The number of allylic oxidation sites excluding steroid dienone is 2. The SMILES string of the molecule is CC(C)(C)/C=C/C(F)(F)C(F)(F)C(F)(F)C(F)(F)C(F)(F)C(F)(F)C(F)(F)C(F)(F)C(F)(F)C(F)(F)F. The topological polar surface area (TPSA) is 0 Å². The fourth-order valence-electron chi connectivity index (χ4n) is 2.03. The molecule has 0 saturated heterocycles. The third-order valence-electron chi connectivity index (χ3n) is 4.33. The van der Waals surface area contributed by atoms with Crippen LogP contribution in [0.2, 0.25) is 0 Å². The molecule has 0 aromatic heterocycles. The molecule has 0 amide bonds. The second-order valence-corrected chi connectivity index (χ2v) is 8.42. The molecule has 0 fully saturated rings. The molecular formula is C16H11F21. The van der Waals surface area contributed by atoms with Gasteiger partial charge in [-0.2, -0.15) is 92.2 Å². The highest BCUT2D eigenvalue weighted by molar-refractivity contribution is 5.20. The van der Waals surface area contributed by atoms with E-state index in [1.807, 2.05) is 0 Å². The average molecular weight is 602 g/mol. The predicted molar refractivity (Wildman–Crippen MR) is 79.2 cm³/mol. The van der Waals surface area contributed by atoms with Gasteiger partial charge >= 0.3 is 59.5 Å². The molecular weight excluding hydrogens is 591 g/mol. The first-order valence-electron chi connectivity index (χ1n) is 8.63. The van der Waals surface area contributed by atoms with Crippen molar-refractivity contribution in [3.05, 3.63) is 12.2 Å². The van der Waals surface area contributed by atoms with Gasteiger partial charge in [0, 0.05) is 0 Å². The van der Waals surface area contributed by atoms with Crippen LogP contribution < -0.4 is 0 Å². The van der Waals surface area contributed by atoms with E-state index in [4.69, 9.17) is 0 Å². The summed E-state index contributed by atoms with van der Waals surface area (Å²) in [6.07, 6.45) is -9.44. The predicted octanol–water partition coefficient (Wildman–Crippen LogP) is 8.87. The maximum Gasteiger partial charge on any atom is 0.460 e. The molecule has 0 aliphatic heterocycles. The molecule has 222 valence electrons. The lowest BCUT2D eigenvalue weighted by molar-refractivity contribution is -0.473. The first-order chi connectivity index (χ1) is 15.5. The van der Waals surface area contributed by atoms with Crippen molar-refractivity contribution in [3.8, 4) is 0 Å². The molecule has 0 aromatic carbocycles. The van der Waals surface area contributed by atoms with E-state index in [-0.39, 0.29) is 6.08 Å². The Morgan fingerprint density at radius 1 is 0.297 bits per heavy atom. The molecule has 0 rings (SSSR count). The molecule has 0 aliphatic carbocycles. The number of alkyl halides is 21. The van der Waals surface area contributed by atoms with Gasteiger partial charge in [-0.3, -0.25) is 0 Å². The minimum Gasteiger partial charge on any atom is -0.195 e. The number of hydrogen-bond acceptors (Lipinski definition) is 0. The summed E-state index contributed by atoms with van der Waals surface area (Å²) in [4.78, 5) is 0. The zero-order chi connectivity index (χ0) is 30.9. The molecule has 0 bridgehead atoms. The van der Waals surface area contributed by atoms with E-state index in [1.54, 1.807) is 0 Å². The van der Waals surface area contributed by atoms with E-state index in [2.05, 4.69) is 0 Å². The molecule has 0 radical (unpaired) electrons.